The van der Waals surface area contributed by atoms with Crippen LogP contribution in [0.2, 0.25) is 0 Å². The first-order chi connectivity index (χ1) is 4.15. The van der Waals surface area contributed by atoms with E-state index in [0.29, 0.717) is 0 Å². The lowest BCUT2D eigenvalue weighted by atomic mass is 10.4. The normalized spacial score (nSPS) is 14.4. The third-order valence-corrected chi connectivity index (χ3v) is 0.830. The highest BCUT2D eigenvalue weighted by atomic mass is 35.5. The van der Waals surface area contributed by atoms with Crippen LogP contribution in [-0.4, -0.2) is 10.8 Å². The van der Waals surface area contributed by atoms with Crippen molar-refractivity contribution in [2.45, 2.75) is 10.8 Å². The van der Waals surface area contributed by atoms with Crippen LogP contribution in [0.3, 0.4) is 0 Å². The van der Waals surface area contributed by atoms with Gasteiger partial charge in [0.05, 0.1) is 0 Å². The highest BCUT2D eigenvalue weighted by molar-refractivity contribution is 6.48. The van der Waals surface area contributed by atoms with Gasteiger partial charge in [-0.15, -0.1) is 0 Å². The maximum atomic E-state index is 11.7. The van der Waals surface area contributed by atoms with Crippen molar-refractivity contribution in [2.24, 2.45) is 0 Å². The predicted molar refractivity (Wildman–Crippen MR) is 26.0 cm³/mol. The second-order valence-electron chi connectivity index (χ2n) is 1.31. The Morgan fingerprint density at radius 1 is 1.00 bits per heavy atom. The zero-order chi connectivity index (χ0) is 8.58. The van der Waals surface area contributed by atoms with Gasteiger partial charge in [-0.2, -0.15) is 13.2 Å². The highest BCUT2D eigenvalue weighted by Crippen LogP contribution is 2.44. The molecule has 7 heteroatoms. The molecule has 1 radical (unpaired) electrons. The fraction of sp³-hybridized carbons (Fsp3) is 0.667. The molecule has 0 aromatic carbocycles. The molecule has 0 heterocycles. The van der Waals surface area contributed by atoms with Gasteiger partial charge in [0, 0.05) is 0 Å². The van der Waals surface area contributed by atoms with E-state index in [1.165, 1.54) is 0 Å². The average Bonchev–Trinajstić information content (AvgIpc) is 1.59. The second-order valence-corrected chi connectivity index (χ2v) is 2.54. The van der Waals surface area contributed by atoms with E-state index in [1.807, 2.05) is 0 Å². The maximum absolute atomic E-state index is 11.7. The molecule has 10 heavy (non-hydrogen) atoms. The Bertz CT molecular complexity index is 99.0. The Morgan fingerprint density at radius 3 is 1.30 bits per heavy atom. The number of hydrogen-bond donors (Lipinski definition) is 0. The zero-order valence-electron chi connectivity index (χ0n) is 4.15. The van der Waals surface area contributed by atoms with Crippen molar-refractivity contribution in [1.82, 2.24) is 0 Å². The minimum Gasteiger partial charge on any atom is -0.223 e. The van der Waals surface area contributed by atoms with Crippen LogP contribution in [0.5, 0.6) is 0 Å². The van der Waals surface area contributed by atoms with E-state index in [9.17, 15) is 22.0 Å². The van der Waals surface area contributed by atoms with Gasteiger partial charge in [-0.25, -0.2) is 8.78 Å². The van der Waals surface area contributed by atoms with Gasteiger partial charge in [0.25, 0.3) is 0 Å². The molecule has 0 aliphatic rings. The molecule has 0 saturated heterocycles. The van der Waals surface area contributed by atoms with E-state index < -0.39 is 16.9 Å². The molecule has 61 valence electrons. The van der Waals surface area contributed by atoms with Crippen molar-refractivity contribution < 1.29 is 22.0 Å². The maximum Gasteiger partial charge on any atom is 0.432 e. The molecule has 0 spiro atoms. The molecule has 0 aliphatic heterocycles. The van der Waals surface area contributed by atoms with Gasteiger partial charge in [0.15, 0.2) is 0 Å². The lowest BCUT2D eigenvalue weighted by Gasteiger charge is -2.15. The molecule has 0 unspecified atom stereocenters. The van der Waals surface area contributed by atoms with Crippen LogP contribution in [0.15, 0.2) is 0 Å². The summed E-state index contributed by atoms with van der Waals surface area (Å²) in [6, 6.07) is 0. The van der Waals surface area contributed by atoms with Crippen molar-refractivity contribution in [3.8, 4) is 0 Å². The first-order valence-corrected chi connectivity index (χ1v) is 2.58. The molecule has 0 rings (SSSR count). The second kappa shape index (κ2) is 2.70. The van der Waals surface area contributed by atoms with Crippen molar-refractivity contribution in [2.75, 3.05) is 0 Å². The molecule has 0 saturated carbocycles. The number of hydrogen-bond acceptors (Lipinski definition) is 0. The summed E-state index contributed by atoms with van der Waals surface area (Å²) in [5.74, 6) is 0. The van der Waals surface area contributed by atoms with E-state index in [2.05, 4.69) is 23.2 Å². The van der Waals surface area contributed by atoms with Gasteiger partial charge in [0.1, 0.15) is 0 Å². The van der Waals surface area contributed by atoms with Gasteiger partial charge in [0.2, 0.25) is 0 Å². The van der Waals surface area contributed by atoms with E-state index in [-0.39, 0.29) is 0 Å². The van der Waals surface area contributed by atoms with Gasteiger partial charge in [-0.1, -0.05) is 23.2 Å². The smallest absolute Gasteiger partial charge is 0.223 e. The molecular weight excluding hydrogens is 202 g/mol. The molecule has 0 aromatic heterocycles. The van der Waals surface area contributed by atoms with Crippen LogP contribution in [0.4, 0.5) is 22.0 Å². The molecular formula is C3Cl2F5. The van der Waals surface area contributed by atoms with E-state index >= 15 is 0 Å². The van der Waals surface area contributed by atoms with Crippen LogP contribution in [0.1, 0.15) is 0 Å². The Labute approximate surface area is 62.9 Å². The Balaban J connectivity index is 4.23. The quantitative estimate of drug-likeness (QED) is 0.452. The molecule has 0 aromatic rings. The average molecular weight is 202 g/mol. The van der Waals surface area contributed by atoms with Gasteiger partial charge >= 0.3 is 16.9 Å². The fourth-order valence-electron chi connectivity index (χ4n) is 0.161. The van der Waals surface area contributed by atoms with Gasteiger partial charge in [-0.3, -0.25) is 0 Å². The number of halogens is 7. The SMILES string of the molecule is F[C](C(F)(F)F)C(F)(Cl)Cl. The monoisotopic (exact) mass is 201 g/mol. The summed E-state index contributed by atoms with van der Waals surface area (Å²) in [4.78, 5) is 0. The van der Waals surface area contributed by atoms with Gasteiger partial charge < -0.3 is 0 Å². The predicted octanol–water partition coefficient (Wildman–Crippen LogP) is 3.15. The van der Waals surface area contributed by atoms with E-state index in [0.717, 1.165) is 0 Å². The Hall–Kier alpha value is 0.230. The summed E-state index contributed by atoms with van der Waals surface area (Å²) in [7, 11) is 0. The molecule has 0 nitrogen and oxygen atoms in total. The summed E-state index contributed by atoms with van der Waals surface area (Å²) in [6.07, 6.45) is -8.51. The third-order valence-electron chi connectivity index (χ3n) is 0.498. The zero-order valence-corrected chi connectivity index (χ0v) is 5.66. The number of alkyl halides is 6. The van der Waals surface area contributed by atoms with Crippen LogP contribution >= 0.6 is 23.2 Å². The van der Waals surface area contributed by atoms with Crippen molar-refractivity contribution in [3.05, 3.63) is 6.17 Å². The first-order valence-electron chi connectivity index (χ1n) is 1.82. The molecule has 0 fully saturated rings. The summed E-state index contributed by atoms with van der Waals surface area (Å²) >= 11 is 8.27. The number of rotatable bonds is 1. The standard InChI is InChI=1S/C3Cl2F5/c4-2(5,7)1(6)3(8,9)10. The largest absolute Gasteiger partial charge is 0.432 e. The topological polar surface area (TPSA) is 0 Å². The third kappa shape index (κ3) is 2.88. The van der Waals surface area contributed by atoms with Crippen LogP contribution < -0.4 is 0 Å². The minimum absolute atomic E-state index is 3.07. The first kappa shape index (κ1) is 10.2. The van der Waals surface area contributed by atoms with Crippen molar-refractivity contribution >= 4 is 23.2 Å². The van der Waals surface area contributed by atoms with Crippen LogP contribution in [-0.2, 0) is 0 Å². The molecule has 0 atom stereocenters. The fourth-order valence-corrected chi connectivity index (χ4v) is 0.375. The Morgan fingerprint density at radius 2 is 1.30 bits per heavy atom. The summed E-state index contributed by atoms with van der Waals surface area (Å²) in [5, 5.41) is 0. The van der Waals surface area contributed by atoms with Crippen molar-refractivity contribution in [1.29, 1.82) is 0 Å². The van der Waals surface area contributed by atoms with Gasteiger partial charge in [-0.05, 0) is 0 Å². The van der Waals surface area contributed by atoms with E-state index in [1.54, 1.807) is 0 Å². The Kier molecular flexibility index (Phi) is 2.76. The van der Waals surface area contributed by atoms with Crippen LogP contribution in [0, 0.1) is 6.17 Å². The van der Waals surface area contributed by atoms with Crippen LogP contribution in [0.25, 0.3) is 0 Å². The summed E-state index contributed by atoms with van der Waals surface area (Å²) in [6.45, 7) is 0. The molecule has 0 amide bonds. The lowest BCUT2D eigenvalue weighted by molar-refractivity contribution is -0.148. The van der Waals surface area contributed by atoms with Crippen molar-refractivity contribution in [3.63, 3.8) is 0 Å². The minimum atomic E-state index is -5.45. The summed E-state index contributed by atoms with van der Waals surface area (Å²) < 4.78 is 52.6. The van der Waals surface area contributed by atoms with E-state index in [4.69, 9.17) is 0 Å². The molecule has 0 N–H and O–H groups in total. The lowest BCUT2D eigenvalue weighted by Crippen LogP contribution is -2.28. The molecule has 0 aliphatic carbocycles. The highest BCUT2D eigenvalue weighted by Gasteiger charge is 2.56. The summed E-state index contributed by atoms with van der Waals surface area (Å²) in [5.41, 5.74) is 0. The molecule has 0 bridgehead atoms.